The van der Waals surface area contributed by atoms with Crippen molar-refractivity contribution in [3.63, 3.8) is 0 Å². The first kappa shape index (κ1) is 19.4. The van der Waals surface area contributed by atoms with Crippen molar-refractivity contribution in [2.75, 3.05) is 13.1 Å². The molecule has 6 heteroatoms. The maximum absolute atomic E-state index is 13.0. The van der Waals surface area contributed by atoms with E-state index in [4.69, 9.17) is 4.42 Å². The highest BCUT2D eigenvalue weighted by Gasteiger charge is 2.30. The number of rotatable bonds is 3. The van der Waals surface area contributed by atoms with Crippen LogP contribution in [-0.2, 0) is 6.42 Å². The van der Waals surface area contributed by atoms with Gasteiger partial charge in [-0.1, -0.05) is 17.7 Å². The molecule has 1 fully saturated rings. The van der Waals surface area contributed by atoms with Crippen LogP contribution < -0.4 is 5.43 Å². The molecule has 1 aromatic carbocycles. The van der Waals surface area contributed by atoms with Crippen LogP contribution in [0.15, 0.2) is 33.8 Å². The van der Waals surface area contributed by atoms with Gasteiger partial charge in [-0.15, -0.1) is 0 Å². The zero-order valence-electron chi connectivity index (χ0n) is 17.1. The number of hydrazone groups is 1. The standard InChI is InChI=1S/C23H27N3O3/c1-15-8-6-9-17(14-15)22(27)25-24-18-10-7-11-19-20(18)16(2)21(29-19)23(28)26-12-4-3-5-13-26/h6,8-9,14H,3-5,7,10-13H2,1-2H3,(H,25,27)/b24-18+. The van der Waals surface area contributed by atoms with Gasteiger partial charge >= 0.3 is 0 Å². The molecule has 1 aromatic heterocycles. The molecule has 1 saturated heterocycles. The topological polar surface area (TPSA) is 74.9 Å². The van der Waals surface area contributed by atoms with Crippen LogP contribution in [0, 0.1) is 13.8 Å². The minimum atomic E-state index is -0.237. The van der Waals surface area contributed by atoms with Crippen molar-refractivity contribution < 1.29 is 14.0 Å². The number of furan rings is 1. The minimum Gasteiger partial charge on any atom is -0.455 e. The third-order valence-electron chi connectivity index (χ3n) is 5.74. The SMILES string of the molecule is Cc1cccc(C(=O)N/N=C2\CCCc3oc(C(=O)N4CCCCC4)c(C)c32)c1. The second-order valence-corrected chi connectivity index (χ2v) is 7.93. The maximum Gasteiger partial charge on any atom is 0.289 e. The van der Waals surface area contributed by atoms with Gasteiger partial charge in [-0.05, 0) is 58.1 Å². The molecule has 0 spiro atoms. The molecule has 0 bridgehead atoms. The van der Waals surface area contributed by atoms with E-state index < -0.39 is 0 Å². The first-order chi connectivity index (χ1) is 14.0. The molecule has 2 aromatic rings. The van der Waals surface area contributed by atoms with Crippen LogP contribution in [0.4, 0.5) is 0 Å². The fourth-order valence-corrected chi connectivity index (χ4v) is 4.19. The molecule has 6 nitrogen and oxygen atoms in total. The van der Waals surface area contributed by atoms with Crippen LogP contribution in [-0.4, -0.2) is 35.5 Å². The van der Waals surface area contributed by atoms with E-state index in [1.165, 1.54) is 6.42 Å². The lowest BCUT2D eigenvalue weighted by Crippen LogP contribution is -2.35. The fraction of sp³-hybridized carbons (Fsp3) is 0.435. The molecule has 1 aliphatic heterocycles. The molecule has 1 N–H and O–H groups in total. The van der Waals surface area contributed by atoms with Crippen molar-refractivity contribution >= 4 is 17.5 Å². The number of nitrogens with one attached hydrogen (secondary N) is 1. The van der Waals surface area contributed by atoms with Crippen molar-refractivity contribution in [3.8, 4) is 0 Å². The molecule has 0 unspecified atom stereocenters. The Labute approximate surface area is 171 Å². The van der Waals surface area contributed by atoms with Crippen molar-refractivity contribution in [2.45, 2.75) is 52.4 Å². The highest BCUT2D eigenvalue weighted by Crippen LogP contribution is 2.31. The molecule has 152 valence electrons. The van der Waals surface area contributed by atoms with Gasteiger partial charge in [0.2, 0.25) is 0 Å². The van der Waals surface area contributed by atoms with E-state index in [0.717, 1.165) is 73.4 Å². The molecule has 1 aliphatic carbocycles. The van der Waals surface area contributed by atoms with Crippen LogP contribution in [0.5, 0.6) is 0 Å². The number of fused-ring (bicyclic) bond motifs is 1. The highest BCUT2D eigenvalue weighted by molar-refractivity contribution is 6.07. The maximum atomic E-state index is 13.0. The summed E-state index contributed by atoms with van der Waals surface area (Å²) in [4.78, 5) is 27.3. The van der Waals surface area contributed by atoms with E-state index in [2.05, 4.69) is 10.5 Å². The summed E-state index contributed by atoms with van der Waals surface area (Å²) in [5.41, 5.74) is 6.79. The normalized spacial score (nSPS) is 17.9. The number of piperidine rings is 1. The van der Waals surface area contributed by atoms with Crippen molar-refractivity contribution in [1.29, 1.82) is 0 Å². The van der Waals surface area contributed by atoms with E-state index in [1.807, 2.05) is 36.9 Å². The van der Waals surface area contributed by atoms with Crippen LogP contribution >= 0.6 is 0 Å². The number of hydrogen-bond acceptors (Lipinski definition) is 4. The lowest BCUT2D eigenvalue weighted by Gasteiger charge is -2.25. The number of carbonyl (C=O) groups excluding carboxylic acids is 2. The first-order valence-electron chi connectivity index (χ1n) is 10.4. The number of benzene rings is 1. The van der Waals surface area contributed by atoms with Crippen LogP contribution in [0.1, 0.15) is 75.5 Å². The van der Waals surface area contributed by atoms with Gasteiger partial charge < -0.3 is 9.32 Å². The Bertz CT molecular complexity index is 968. The van der Waals surface area contributed by atoms with E-state index in [0.29, 0.717) is 11.3 Å². The van der Waals surface area contributed by atoms with E-state index in [1.54, 1.807) is 6.07 Å². The van der Waals surface area contributed by atoms with E-state index in [-0.39, 0.29) is 11.8 Å². The van der Waals surface area contributed by atoms with Gasteiger partial charge in [0.05, 0.1) is 5.71 Å². The number of likely N-dealkylation sites (tertiary alicyclic amines) is 1. The van der Waals surface area contributed by atoms with Crippen molar-refractivity contribution in [3.05, 3.63) is 58.0 Å². The van der Waals surface area contributed by atoms with Crippen LogP contribution in [0.25, 0.3) is 0 Å². The molecule has 0 atom stereocenters. The Morgan fingerprint density at radius 3 is 2.62 bits per heavy atom. The summed E-state index contributed by atoms with van der Waals surface area (Å²) >= 11 is 0. The van der Waals surface area contributed by atoms with Gasteiger partial charge in [0.15, 0.2) is 5.76 Å². The molecule has 2 amide bonds. The number of nitrogens with zero attached hydrogens (tertiary/aromatic N) is 2. The van der Waals surface area contributed by atoms with Gasteiger partial charge in [-0.25, -0.2) is 5.43 Å². The van der Waals surface area contributed by atoms with E-state index in [9.17, 15) is 9.59 Å². The predicted octanol–water partition coefficient (Wildman–Crippen LogP) is 3.99. The third kappa shape index (κ3) is 3.97. The Hall–Kier alpha value is -2.89. The largest absolute Gasteiger partial charge is 0.455 e. The second-order valence-electron chi connectivity index (χ2n) is 7.93. The summed E-state index contributed by atoms with van der Waals surface area (Å²) in [6.45, 7) is 5.45. The summed E-state index contributed by atoms with van der Waals surface area (Å²) in [5.74, 6) is 0.966. The molecular formula is C23H27N3O3. The van der Waals surface area contributed by atoms with Gasteiger partial charge in [0, 0.05) is 36.2 Å². The third-order valence-corrected chi connectivity index (χ3v) is 5.74. The first-order valence-corrected chi connectivity index (χ1v) is 10.4. The Balaban J connectivity index is 1.57. The summed E-state index contributed by atoms with van der Waals surface area (Å²) in [6.07, 6.45) is 5.68. The predicted molar refractivity (Wildman–Crippen MR) is 111 cm³/mol. The number of hydrogen-bond donors (Lipinski definition) is 1. The molecule has 0 saturated carbocycles. The zero-order valence-corrected chi connectivity index (χ0v) is 17.1. The Morgan fingerprint density at radius 1 is 1.07 bits per heavy atom. The number of carbonyl (C=O) groups is 2. The zero-order chi connectivity index (χ0) is 20.4. The van der Waals surface area contributed by atoms with Gasteiger partial charge in [-0.3, -0.25) is 9.59 Å². The van der Waals surface area contributed by atoms with Crippen LogP contribution in [0.2, 0.25) is 0 Å². The summed E-state index contributed by atoms with van der Waals surface area (Å²) in [7, 11) is 0. The highest BCUT2D eigenvalue weighted by atomic mass is 16.4. The van der Waals surface area contributed by atoms with Gasteiger partial charge in [0.1, 0.15) is 5.76 Å². The van der Waals surface area contributed by atoms with Crippen molar-refractivity contribution in [2.24, 2.45) is 5.10 Å². The molecular weight excluding hydrogens is 366 g/mol. The van der Waals surface area contributed by atoms with E-state index >= 15 is 0 Å². The average molecular weight is 393 g/mol. The molecule has 0 radical (unpaired) electrons. The summed E-state index contributed by atoms with van der Waals surface area (Å²) in [5, 5.41) is 4.41. The average Bonchev–Trinajstić information content (AvgIpc) is 3.09. The Kier molecular flexibility index (Phi) is 5.51. The number of amides is 2. The molecule has 2 heterocycles. The van der Waals surface area contributed by atoms with Crippen LogP contribution in [0.3, 0.4) is 0 Å². The second kappa shape index (κ2) is 8.23. The lowest BCUT2D eigenvalue weighted by atomic mass is 9.93. The quantitative estimate of drug-likeness (QED) is 0.801. The molecule has 4 rings (SSSR count). The monoisotopic (exact) mass is 393 g/mol. The molecule has 29 heavy (non-hydrogen) atoms. The van der Waals surface area contributed by atoms with Gasteiger partial charge in [0.25, 0.3) is 11.8 Å². The summed E-state index contributed by atoms with van der Waals surface area (Å²) < 4.78 is 6.00. The van der Waals surface area contributed by atoms with Gasteiger partial charge in [-0.2, -0.15) is 5.10 Å². The lowest BCUT2D eigenvalue weighted by molar-refractivity contribution is 0.0689. The Morgan fingerprint density at radius 2 is 1.86 bits per heavy atom. The minimum absolute atomic E-state index is 0.0280. The molecule has 2 aliphatic rings. The number of aryl methyl sites for hydroxylation is 2. The fourth-order valence-electron chi connectivity index (χ4n) is 4.19. The summed E-state index contributed by atoms with van der Waals surface area (Å²) in [6, 6.07) is 7.41. The van der Waals surface area contributed by atoms with Crippen molar-refractivity contribution in [1.82, 2.24) is 10.3 Å². The smallest absolute Gasteiger partial charge is 0.289 e.